The second-order valence-corrected chi connectivity index (χ2v) is 5.67. The Hall–Kier alpha value is -2.67. The van der Waals surface area contributed by atoms with E-state index in [0.29, 0.717) is 16.1 Å². The summed E-state index contributed by atoms with van der Waals surface area (Å²) in [4.78, 5) is 27.8. The van der Waals surface area contributed by atoms with E-state index in [1.54, 1.807) is 37.4 Å². The number of hydrogen-bond acceptors (Lipinski definition) is 5. The predicted molar refractivity (Wildman–Crippen MR) is 84.2 cm³/mol. The number of nitrogens with zero attached hydrogens (tertiary/aromatic N) is 3. The van der Waals surface area contributed by atoms with Gasteiger partial charge in [0.05, 0.1) is 15.8 Å². The molecular weight excluding hydrogens is 302 g/mol. The van der Waals surface area contributed by atoms with Crippen LogP contribution in [0.4, 0.5) is 5.69 Å². The summed E-state index contributed by atoms with van der Waals surface area (Å²) in [6, 6.07) is 13.3. The number of fused-ring (bicyclic) bond motifs is 1. The van der Waals surface area contributed by atoms with Crippen molar-refractivity contribution >= 4 is 28.4 Å². The molecule has 0 radical (unpaired) electrons. The van der Waals surface area contributed by atoms with Crippen LogP contribution in [0.3, 0.4) is 0 Å². The van der Waals surface area contributed by atoms with E-state index in [4.69, 9.17) is 0 Å². The van der Waals surface area contributed by atoms with Crippen molar-refractivity contribution in [3.63, 3.8) is 0 Å². The number of benzene rings is 2. The topological polar surface area (TPSA) is 78.0 Å². The van der Waals surface area contributed by atoms with E-state index in [2.05, 4.69) is 4.98 Å². The molecule has 0 amide bonds. The molecule has 0 aliphatic heterocycles. The van der Waals surface area contributed by atoms with Crippen molar-refractivity contribution in [2.45, 2.75) is 10.1 Å². The van der Waals surface area contributed by atoms with Crippen LogP contribution >= 0.6 is 11.8 Å². The predicted octanol–water partition coefficient (Wildman–Crippen LogP) is 2.99. The number of nitro groups is 1. The fourth-order valence-electron chi connectivity index (χ4n) is 2.03. The molecule has 0 N–H and O–H groups in total. The molecule has 22 heavy (non-hydrogen) atoms. The fraction of sp³-hybridized carbons (Fsp3) is 0.0667. The maximum Gasteiger partial charge on any atom is 0.269 e. The van der Waals surface area contributed by atoms with Crippen molar-refractivity contribution in [2.24, 2.45) is 7.05 Å². The van der Waals surface area contributed by atoms with E-state index >= 15 is 0 Å². The van der Waals surface area contributed by atoms with E-state index in [9.17, 15) is 14.9 Å². The van der Waals surface area contributed by atoms with Gasteiger partial charge in [-0.3, -0.25) is 19.5 Å². The minimum Gasteiger partial charge on any atom is -0.290 e. The van der Waals surface area contributed by atoms with Crippen molar-refractivity contribution in [1.82, 2.24) is 9.55 Å². The lowest BCUT2D eigenvalue weighted by atomic mass is 10.2. The molecule has 0 saturated carbocycles. The van der Waals surface area contributed by atoms with Crippen molar-refractivity contribution in [2.75, 3.05) is 0 Å². The third-order valence-corrected chi connectivity index (χ3v) is 4.25. The number of rotatable bonds is 3. The monoisotopic (exact) mass is 313 g/mol. The van der Waals surface area contributed by atoms with E-state index in [1.165, 1.54) is 28.5 Å². The average molecular weight is 313 g/mol. The Balaban J connectivity index is 2.02. The van der Waals surface area contributed by atoms with Gasteiger partial charge in [-0.25, -0.2) is 4.98 Å². The molecule has 3 aromatic rings. The molecule has 0 atom stereocenters. The Kier molecular flexibility index (Phi) is 3.64. The summed E-state index contributed by atoms with van der Waals surface area (Å²) in [6.45, 7) is 0. The van der Waals surface area contributed by atoms with Gasteiger partial charge in [-0.15, -0.1) is 0 Å². The standard InChI is InChI=1S/C15H11N3O3S/c1-17-14(19)12-4-2-3-5-13(12)16-15(17)22-11-8-6-10(7-9-11)18(20)21/h2-9H,1H3. The summed E-state index contributed by atoms with van der Waals surface area (Å²) >= 11 is 1.29. The Morgan fingerprint density at radius 2 is 1.82 bits per heavy atom. The maximum atomic E-state index is 12.3. The third-order valence-electron chi connectivity index (χ3n) is 3.20. The molecule has 7 heteroatoms. The molecule has 3 rings (SSSR count). The summed E-state index contributed by atoms with van der Waals surface area (Å²) in [5, 5.41) is 11.8. The molecule has 110 valence electrons. The van der Waals surface area contributed by atoms with E-state index in [0.717, 1.165) is 4.90 Å². The number of non-ortho nitro benzene ring substituents is 1. The number of nitro benzene ring substituents is 1. The zero-order valence-corrected chi connectivity index (χ0v) is 12.4. The summed E-state index contributed by atoms with van der Waals surface area (Å²) < 4.78 is 1.48. The van der Waals surface area contributed by atoms with Crippen molar-refractivity contribution in [3.05, 3.63) is 69.0 Å². The molecule has 0 aliphatic rings. The quantitative estimate of drug-likeness (QED) is 0.422. The largest absolute Gasteiger partial charge is 0.290 e. The van der Waals surface area contributed by atoms with Crippen LogP contribution in [0, 0.1) is 10.1 Å². The number of hydrogen-bond donors (Lipinski definition) is 0. The highest BCUT2D eigenvalue weighted by Gasteiger charge is 2.10. The highest BCUT2D eigenvalue weighted by Crippen LogP contribution is 2.27. The molecule has 0 unspecified atom stereocenters. The first kappa shape index (κ1) is 14.3. The Bertz CT molecular complexity index is 919. The van der Waals surface area contributed by atoms with Gasteiger partial charge < -0.3 is 0 Å². The highest BCUT2D eigenvalue weighted by molar-refractivity contribution is 7.99. The van der Waals surface area contributed by atoms with Crippen LogP contribution in [0.1, 0.15) is 0 Å². The smallest absolute Gasteiger partial charge is 0.269 e. The van der Waals surface area contributed by atoms with Gasteiger partial charge in [0, 0.05) is 24.1 Å². The normalized spacial score (nSPS) is 10.8. The van der Waals surface area contributed by atoms with Gasteiger partial charge in [0.25, 0.3) is 11.2 Å². The zero-order chi connectivity index (χ0) is 15.7. The van der Waals surface area contributed by atoms with Crippen molar-refractivity contribution < 1.29 is 4.92 Å². The Labute approximate surface area is 129 Å². The zero-order valence-electron chi connectivity index (χ0n) is 11.6. The molecule has 0 bridgehead atoms. The van der Waals surface area contributed by atoms with Gasteiger partial charge in [-0.2, -0.15) is 0 Å². The molecular formula is C15H11N3O3S. The Morgan fingerprint density at radius 3 is 2.50 bits per heavy atom. The lowest BCUT2D eigenvalue weighted by Crippen LogP contribution is -2.19. The van der Waals surface area contributed by atoms with E-state index < -0.39 is 4.92 Å². The minimum atomic E-state index is -0.446. The van der Waals surface area contributed by atoms with Gasteiger partial charge in [0.2, 0.25) is 0 Å². The van der Waals surface area contributed by atoms with Gasteiger partial charge >= 0.3 is 0 Å². The lowest BCUT2D eigenvalue weighted by molar-refractivity contribution is -0.384. The highest BCUT2D eigenvalue weighted by atomic mass is 32.2. The average Bonchev–Trinajstić information content (AvgIpc) is 2.53. The first-order valence-electron chi connectivity index (χ1n) is 6.44. The Morgan fingerprint density at radius 1 is 1.14 bits per heavy atom. The molecule has 2 aromatic carbocycles. The molecule has 0 fully saturated rings. The summed E-state index contributed by atoms with van der Waals surface area (Å²) in [7, 11) is 1.66. The first-order valence-corrected chi connectivity index (χ1v) is 7.26. The van der Waals surface area contributed by atoms with Gasteiger partial charge in [0.1, 0.15) is 0 Å². The minimum absolute atomic E-state index is 0.0321. The van der Waals surface area contributed by atoms with Gasteiger partial charge in [0.15, 0.2) is 5.16 Å². The van der Waals surface area contributed by atoms with Crippen LogP contribution in [0.15, 0.2) is 63.4 Å². The third kappa shape index (κ3) is 2.58. The van der Waals surface area contributed by atoms with Gasteiger partial charge in [-0.1, -0.05) is 23.9 Å². The maximum absolute atomic E-state index is 12.3. The van der Waals surface area contributed by atoms with E-state index in [1.807, 2.05) is 6.07 Å². The summed E-state index contributed by atoms with van der Waals surface area (Å²) in [6.07, 6.45) is 0. The SMILES string of the molecule is Cn1c(Sc2ccc([N+](=O)[O-])cc2)nc2ccccc2c1=O. The van der Waals surface area contributed by atoms with Crippen LogP contribution in [-0.4, -0.2) is 14.5 Å². The molecule has 0 saturated heterocycles. The van der Waals surface area contributed by atoms with Crippen LogP contribution in [0.2, 0.25) is 0 Å². The van der Waals surface area contributed by atoms with Crippen molar-refractivity contribution in [1.29, 1.82) is 0 Å². The fourth-order valence-corrected chi connectivity index (χ4v) is 2.88. The van der Waals surface area contributed by atoms with Crippen LogP contribution in [0.25, 0.3) is 10.9 Å². The number of aromatic nitrogens is 2. The molecule has 1 aromatic heterocycles. The van der Waals surface area contributed by atoms with Crippen LogP contribution in [-0.2, 0) is 7.05 Å². The molecule has 1 heterocycles. The van der Waals surface area contributed by atoms with Crippen LogP contribution < -0.4 is 5.56 Å². The second-order valence-electron chi connectivity index (χ2n) is 4.63. The number of para-hydroxylation sites is 1. The lowest BCUT2D eigenvalue weighted by Gasteiger charge is -2.08. The molecule has 0 spiro atoms. The summed E-state index contributed by atoms with van der Waals surface area (Å²) in [5.41, 5.74) is 0.551. The first-order chi connectivity index (χ1) is 10.6. The van der Waals surface area contributed by atoms with Crippen molar-refractivity contribution in [3.8, 4) is 0 Å². The van der Waals surface area contributed by atoms with E-state index in [-0.39, 0.29) is 11.2 Å². The van der Waals surface area contributed by atoms with Gasteiger partial charge in [-0.05, 0) is 24.3 Å². The summed E-state index contributed by atoms with van der Waals surface area (Å²) in [5.74, 6) is 0. The van der Waals surface area contributed by atoms with Crippen LogP contribution in [0.5, 0.6) is 0 Å². The molecule has 6 nitrogen and oxygen atoms in total. The molecule has 0 aliphatic carbocycles. The second kappa shape index (κ2) is 5.61.